The normalized spacial score (nSPS) is 21.5. The van der Waals surface area contributed by atoms with Gasteiger partial charge in [0, 0.05) is 13.1 Å². The summed E-state index contributed by atoms with van der Waals surface area (Å²) >= 11 is 0. The van der Waals surface area contributed by atoms with Crippen LogP contribution in [0.25, 0.3) is 0 Å². The molecule has 1 heterocycles. The number of hydrogen-bond donors (Lipinski definition) is 1. The van der Waals surface area contributed by atoms with Gasteiger partial charge in [0.2, 0.25) is 10.0 Å². The lowest BCUT2D eigenvalue weighted by Gasteiger charge is -2.20. The molecule has 1 N–H and O–H groups in total. The standard InChI is InChI=1S/C15H23NO4S/c1-10-7-14(20-4)8-11(2)15(10)21(18,19)16-6-5-13(9-16)12(3)17/h7-8,12-13,17H,5-6,9H2,1-4H3. The highest BCUT2D eigenvalue weighted by atomic mass is 32.2. The molecule has 0 saturated carbocycles. The Balaban J connectivity index is 2.37. The molecule has 1 aliphatic heterocycles. The van der Waals surface area contributed by atoms with E-state index >= 15 is 0 Å². The summed E-state index contributed by atoms with van der Waals surface area (Å²) in [5.41, 5.74) is 1.37. The number of sulfonamides is 1. The Hall–Kier alpha value is -1.11. The molecule has 1 aromatic carbocycles. The van der Waals surface area contributed by atoms with Crippen LogP contribution in [-0.4, -0.2) is 44.1 Å². The molecule has 0 amide bonds. The summed E-state index contributed by atoms with van der Waals surface area (Å²) in [6, 6.07) is 3.48. The van der Waals surface area contributed by atoms with E-state index in [-0.39, 0.29) is 5.92 Å². The molecular weight excluding hydrogens is 290 g/mol. The van der Waals surface area contributed by atoms with E-state index < -0.39 is 16.1 Å². The van der Waals surface area contributed by atoms with Crippen molar-refractivity contribution in [2.75, 3.05) is 20.2 Å². The lowest BCUT2D eigenvalue weighted by Crippen LogP contribution is -2.31. The summed E-state index contributed by atoms with van der Waals surface area (Å²) in [5, 5.41) is 9.65. The Kier molecular flexibility index (Phi) is 4.60. The Morgan fingerprint density at radius 3 is 2.33 bits per heavy atom. The maximum Gasteiger partial charge on any atom is 0.243 e. The van der Waals surface area contributed by atoms with Gasteiger partial charge in [0.05, 0.1) is 18.1 Å². The van der Waals surface area contributed by atoms with Crippen LogP contribution in [-0.2, 0) is 10.0 Å². The van der Waals surface area contributed by atoms with Crippen LogP contribution in [0.3, 0.4) is 0 Å². The molecule has 1 aliphatic rings. The Morgan fingerprint density at radius 1 is 1.33 bits per heavy atom. The van der Waals surface area contributed by atoms with Crippen molar-refractivity contribution in [1.82, 2.24) is 4.31 Å². The number of nitrogens with zero attached hydrogens (tertiary/aromatic N) is 1. The third-order valence-corrected chi connectivity index (χ3v) is 6.31. The maximum atomic E-state index is 12.8. The highest BCUT2D eigenvalue weighted by Gasteiger charge is 2.35. The van der Waals surface area contributed by atoms with Crippen LogP contribution in [0, 0.1) is 19.8 Å². The second-order valence-corrected chi connectivity index (χ2v) is 7.62. The quantitative estimate of drug-likeness (QED) is 0.919. The van der Waals surface area contributed by atoms with Gasteiger partial charge in [-0.3, -0.25) is 0 Å². The van der Waals surface area contributed by atoms with Gasteiger partial charge in [0.15, 0.2) is 0 Å². The fourth-order valence-corrected chi connectivity index (χ4v) is 4.85. The summed E-state index contributed by atoms with van der Waals surface area (Å²) in [6.07, 6.45) is 0.216. The van der Waals surface area contributed by atoms with Crippen molar-refractivity contribution in [2.45, 2.75) is 38.2 Å². The molecule has 1 saturated heterocycles. The molecule has 0 bridgehead atoms. The van der Waals surface area contributed by atoms with Gasteiger partial charge in [-0.2, -0.15) is 4.31 Å². The summed E-state index contributed by atoms with van der Waals surface area (Å²) in [6.45, 7) is 6.12. The van der Waals surface area contributed by atoms with Gasteiger partial charge in [-0.15, -0.1) is 0 Å². The summed E-state index contributed by atoms with van der Waals surface area (Å²) in [5.74, 6) is 0.672. The summed E-state index contributed by atoms with van der Waals surface area (Å²) < 4.78 is 32.3. The highest BCUT2D eigenvalue weighted by molar-refractivity contribution is 7.89. The molecule has 1 fully saturated rings. The molecule has 6 heteroatoms. The topological polar surface area (TPSA) is 66.8 Å². The van der Waals surface area contributed by atoms with Crippen LogP contribution in [0.15, 0.2) is 17.0 Å². The second-order valence-electron chi connectivity index (χ2n) is 5.74. The number of aryl methyl sites for hydroxylation is 2. The maximum absolute atomic E-state index is 12.8. The van der Waals surface area contributed by atoms with E-state index in [0.29, 0.717) is 41.3 Å². The molecule has 0 aromatic heterocycles. The number of hydrogen-bond acceptors (Lipinski definition) is 4. The molecule has 5 nitrogen and oxygen atoms in total. The van der Waals surface area contributed by atoms with E-state index in [0.717, 1.165) is 0 Å². The fourth-order valence-electron chi connectivity index (χ4n) is 2.93. The van der Waals surface area contributed by atoms with Gasteiger partial charge in [0.25, 0.3) is 0 Å². The molecule has 2 atom stereocenters. The van der Waals surface area contributed by atoms with E-state index in [1.165, 1.54) is 4.31 Å². The van der Waals surface area contributed by atoms with Gasteiger partial charge in [-0.25, -0.2) is 8.42 Å². The van der Waals surface area contributed by atoms with E-state index in [1.54, 1.807) is 40.0 Å². The van der Waals surface area contributed by atoms with Crippen molar-refractivity contribution >= 4 is 10.0 Å². The number of aliphatic hydroxyl groups excluding tert-OH is 1. The lowest BCUT2D eigenvalue weighted by atomic mass is 10.0. The average Bonchev–Trinajstić information content (AvgIpc) is 2.87. The van der Waals surface area contributed by atoms with Gasteiger partial charge < -0.3 is 9.84 Å². The molecule has 0 aliphatic carbocycles. The Morgan fingerprint density at radius 2 is 1.90 bits per heavy atom. The molecule has 2 rings (SSSR count). The van der Waals surface area contributed by atoms with Crippen molar-refractivity contribution in [3.8, 4) is 5.75 Å². The average molecular weight is 313 g/mol. The zero-order chi connectivity index (χ0) is 15.8. The Labute approximate surface area is 126 Å². The van der Waals surface area contributed by atoms with E-state index in [1.807, 2.05) is 0 Å². The first-order valence-corrected chi connectivity index (χ1v) is 8.55. The van der Waals surface area contributed by atoms with Crippen molar-refractivity contribution in [2.24, 2.45) is 5.92 Å². The van der Waals surface area contributed by atoms with Crippen LogP contribution in [0.1, 0.15) is 24.5 Å². The van der Waals surface area contributed by atoms with Gasteiger partial charge >= 0.3 is 0 Å². The third kappa shape index (κ3) is 3.07. The monoisotopic (exact) mass is 313 g/mol. The number of aliphatic hydroxyl groups is 1. The van der Waals surface area contributed by atoms with Crippen molar-refractivity contribution < 1.29 is 18.3 Å². The van der Waals surface area contributed by atoms with Gasteiger partial charge in [0.1, 0.15) is 5.75 Å². The zero-order valence-electron chi connectivity index (χ0n) is 13.0. The molecule has 21 heavy (non-hydrogen) atoms. The van der Waals surface area contributed by atoms with E-state index in [9.17, 15) is 13.5 Å². The van der Waals surface area contributed by atoms with Crippen molar-refractivity contribution in [3.63, 3.8) is 0 Å². The minimum absolute atomic E-state index is 0.0126. The summed E-state index contributed by atoms with van der Waals surface area (Å²) in [7, 11) is -1.96. The highest BCUT2D eigenvalue weighted by Crippen LogP contribution is 2.31. The van der Waals surface area contributed by atoms with Crippen LogP contribution in [0.2, 0.25) is 0 Å². The molecule has 0 radical (unpaired) electrons. The van der Waals surface area contributed by atoms with Gasteiger partial charge in [-0.1, -0.05) is 0 Å². The lowest BCUT2D eigenvalue weighted by molar-refractivity contribution is 0.133. The van der Waals surface area contributed by atoms with Crippen LogP contribution in [0.5, 0.6) is 5.75 Å². The number of methoxy groups -OCH3 is 1. The van der Waals surface area contributed by atoms with Crippen LogP contribution in [0.4, 0.5) is 0 Å². The molecular formula is C15H23NO4S. The first kappa shape index (κ1) is 16.3. The Bertz CT molecular complexity index is 602. The fraction of sp³-hybridized carbons (Fsp3) is 0.600. The molecule has 118 valence electrons. The smallest absolute Gasteiger partial charge is 0.243 e. The van der Waals surface area contributed by atoms with E-state index in [4.69, 9.17) is 4.74 Å². The second kappa shape index (κ2) is 5.94. The number of benzene rings is 1. The summed E-state index contributed by atoms with van der Waals surface area (Å²) in [4.78, 5) is 0.356. The molecule has 1 aromatic rings. The van der Waals surface area contributed by atoms with Crippen molar-refractivity contribution in [1.29, 1.82) is 0 Å². The predicted octanol–water partition coefficient (Wildman–Crippen LogP) is 1.70. The third-order valence-electron chi connectivity index (χ3n) is 4.14. The first-order chi connectivity index (χ1) is 9.77. The zero-order valence-corrected chi connectivity index (χ0v) is 13.8. The molecule has 0 spiro atoms. The largest absolute Gasteiger partial charge is 0.497 e. The first-order valence-electron chi connectivity index (χ1n) is 7.10. The van der Waals surface area contributed by atoms with Crippen molar-refractivity contribution in [3.05, 3.63) is 23.3 Å². The number of ether oxygens (including phenoxy) is 1. The predicted molar refractivity (Wildman–Crippen MR) is 81.0 cm³/mol. The minimum Gasteiger partial charge on any atom is -0.497 e. The van der Waals surface area contributed by atoms with Crippen LogP contribution < -0.4 is 4.74 Å². The number of rotatable bonds is 4. The van der Waals surface area contributed by atoms with E-state index in [2.05, 4.69) is 0 Å². The molecule has 2 unspecified atom stereocenters. The van der Waals surface area contributed by atoms with Gasteiger partial charge in [-0.05, 0) is 56.4 Å². The minimum atomic E-state index is -3.52. The SMILES string of the molecule is COc1cc(C)c(S(=O)(=O)N2CCC(C(C)O)C2)c(C)c1. The van der Waals surface area contributed by atoms with Crippen LogP contribution >= 0.6 is 0 Å².